The van der Waals surface area contributed by atoms with Crippen molar-refractivity contribution >= 4 is 5.91 Å². The fraction of sp³-hybridized carbons (Fsp3) is 0.533. The lowest BCUT2D eigenvalue weighted by Crippen LogP contribution is -2.41. The van der Waals surface area contributed by atoms with Gasteiger partial charge in [-0.2, -0.15) is 8.78 Å². The number of amides is 1. The van der Waals surface area contributed by atoms with Crippen LogP contribution in [0.1, 0.15) is 31.4 Å². The summed E-state index contributed by atoms with van der Waals surface area (Å²) in [7, 11) is 0. The molecule has 0 saturated carbocycles. The van der Waals surface area contributed by atoms with E-state index in [9.17, 15) is 13.6 Å². The number of hydrogen-bond acceptors (Lipinski definition) is 3. The van der Waals surface area contributed by atoms with Gasteiger partial charge in [0.2, 0.25) is 5.91 Å². The van der Waals surface area contributed by atoms with Gasteiger partial charge in [0.1, 0.15) is 5.75 Å². The molecule has 2 N–H and O–H groups in total. The molecule has 1 amide bonds. The molecule has 1 fully saturated rings. The van der Waals surface area contributed by atoms with Crippen LogP contribution in [0.4, 0.5) is 8.78 Å². The fourth-order valence-electron chi connectivity index (χ4n) is 2.43. The first-order valence-electron chi connectivity index (χ1n) is 7.12. The summed E-state index contributed by atoms with van der Waals surface area (Å²) in [4.78, 5) is 12.1. The molecule has 4 nitrogen and oxygen atoms in total. The Morgan fingerprint density at radius 1 is 1.38 bits per heavy atom. The maximum Gasteiger partial charge on any atom is 0.387 e. The second-order valence-electron chi connectivity index (χ2n) is 5.22. The van der Waals surface area contributed by atoms with Crippen molar-refractivity contribution in [2.45, 2.75) is 32.4 Å². The molecule has 2 rings (SSSR count). The molecule has 1 heterocycles. The van der Waals surface area contributed by atoms with Crippen molar-refractivity contribution in [2.75, 3.05) is 13.1 Å². The zero-order valence-electron chi connectivity index (χ0n) is 11.9. The van der Waals surface area contributed by atoms with Crippen LogP contribution in [0.25, 0.3) is 0 Å². The van der Waals surface area contributed by atoms with Crippen molar-refractivity contribution in [3.8, 4) is 5.75 Å². The Morgan fingerprint density at radius 2 is 2.10 bits per heavy atom. The van der Waals surface area contributed by atoms with Crippen LogP contribution >= 0.6 is 0 Å². The van der Waals surface area contributed by atoms with E-state index >= 15 is 0 Å². The summed E-state index contributed by atoms with van der Waals surface area (Å²) in [5.74, 6) is 0.147. The Kier molecular flexibility index (Phi) is 5.50. The number of halogens is 2. The van der Waals surface area contributed by atoms with Crippen molar-refractivity contribution < 1.29 is 18.3 Å². The summed E-state index contributed by atoms with van der Waals surface area (Å²) in [6.07, 6.45) is 1.90. The SMILES string of the molecule is CC(NC(=O)C1CCCNC1)c1ccc(OC(F)F)cc1. The molecule has 1 aromatic rings. The number of ether oxygens (including phenoxy) is 1. The van der Waals surface area contributed by atoms with Gasteiger partial charge in [-0.3, -0.25) is 4.79 Å². The van der Waals surface area contributed by atoms with Gasteiger partial charge in [0.25, 0.3) is 0 Å². The van der Waals surface area contributed by atoms with E-state index in [1.807, 2.05) is 6.92 Å². The molecule has 116 valence electrons. The average Bonchev–Trinajstić information content (AvgIpc) is 2.48. The molecule has 1 aliphatic rings. The Hall–Kier alpha value is -1.69. The standard InChI is InChI=1S/C15H20F2N2O2/c1-10(19-14(20)12-3-2-8-18-9-12)11-4-6-13(7-5-11)21-15(16)17/h4-7,10,12,15,18H,2-3,8-9H2,1H3,(H,19,20). The van der Waals surface area contributed by atoms with Gasteiger partial charge in [0.05, 0.1) is 12.0 Å². The third-order valence-electron chi connectivity index (χ3n) is 3.63. The van der Waals surface area contributed by atoms with Crippen LogP contribution in [-0.4, -0.2) is 25.6 Å². The zero-order chi connectivity index (χ0) is 15.2. The lowest BCUT2D eigenvalue weighted by atomic mass is 9.98. The Labute approximate surface area is 122 Å². The van der Waals surface area contributed by atoms with E-state index in [4.69, 9.17) is 0 Å². The van der Waals surface area contributed by atoms with E-state index in [1.54, 1.807) is 12.1 Å². The minimum atomic E-state index is -2.83. The number of rotatable bonds is 5. The van der Waals surface area contributed by atoms with Crippen LogP contribution < -0.4 is 15.4 Å². The third-order valence-corrected chi connectivity index (χ3v) is 3.63. The quantitative estimate of drug-likeness (QED) is 0.878. The van der Waals surface area contributed by atoms with Crippen molar-refractivity contribution in [1.29, 1.82) is 0 Å². The lowest BCUT2D eigenvalue weighted by molar-refractivity contribution is -0.126. The van der Waals surface area contributed by atoms with Crippen molar-refractivity contribution in [3.63, 3.8) is 0 Å². The molecule has 21 heavy (non-hydrogen) atoms. The van der Waals surface area contributed by atoms with E-state index in [1.165, 1.54) is 12.1 Å². The topological polar surface area (TPSA) is 50.4 Å². The first kappa shape index (κ1) is 15.7. The van der Waals surface area contributed by atoms with E-state index in [0.29, 0.717) is 6.54 Å². The van der Waals surface area contributed by atoms with Crippen LogP contribution in [-0.2, 0) is 4.79 Å². The minimum absolute atomic E-state index is 0.00244. The molecular weight excluding hydrogens is 278 g/mol. The summed E-state index contributed by atoms with van der Waals surface area (Å²) < 4.78 is 28.4. The van der Waals surface area contributed by atoms with Crippen molar-refractivity contribution in [2.24, 2.45) is 5.92 Å². The van der Waals surface area contributed by atoms with Gasteiger partial charge >= 0.3 is 6.61 Å². The number of carbonyl (C=O) groups is 1. The molecule has 6 heteroatoms. The van der Waals surface area contributed by atoms with Crippen molar-refractivity contribution in [1.82, 2.24) is 10.6 Å². The van der Waals surface area contributed by atoms with Crippen molar-refractivity contribution in [3.05, 3.63) is 29.8 Å². The van der Waals surface area contributed by atoms with E-state index in [-0.39, 0.29) is 23.6 Å². The molecule has 2 unspecified atom stereocenters. The molecule has 0 aromatic heterocycles. The van der Waals surface area contributed by atoms with Crippen LogP contribution in [0.5, 0.6) is 5.75 Å². The second-order valence-corrected chi connectivity index (χ2v) is 5.22. The van der Waals surface area contributed by atoms with Gasteiger partial charge in [-0.25, -0.2) is 0 Å². The number of benzene rings is 1. The number of piperidine rings is 1. The number of nitrogens with one attached hydrogen (secondary N) is 2. The second kappa shape index (κ2) is 7.36. The van der Waals surface area contributed by atoms with E-state index in [2.05, 4.69) is 15.4 Å². The van der Waals surface area contributed by atoms with Gasteiger partial charge < -0.3 is 15.4 Å². The molecule has 1 aliphatic heterocycles. The molecular formula is C15H20F2N2O2. The number of carbonyl (C=O) groups excluding carboxylic acids is 1. The summed E-state index contributed by atoms with van der Waals surface area (Å²) in [6, 6.07) is 6.15. The maximum absolute atomic E-state index is 12.1. The number of alkyl halides is 2. The molecule has 0 spiro atoms. The van der Waals surface area contributed by atoms with E-state index in [0.717, 1.165) is 24.9 Å². The monoisotopic (exact) mass is 298 g/mol. The summed E-state index contributed by atoms with van der Waals surface area (Å²) in [5.41, 5.74) is 0.855. The number of hydrogen-bond donors (Lipinski definition) is 2. The first-order valence-corrected chi connectivity index (χ1v) is 7.12. The Morgan fingerprint density at radius 3 is 2.67 bits per heavy atom. The highest BCUT2D eigenvalue weighted by molar-refractivity contribution is 5.79. The van der Waals surface area contributed by atoms with Gasteiger partial charge in [-0.05, 0) is 44.0 Å². The van der Waals surface area contributed by atoms with E-state index < -0.39 is 6.61 Å². The summed E-state index contributed by atoms with van der Waals surface area (Å²) in [6.45, 7) is 0.716. The van der Waals surface area contributed by atoms with Crippen LogP contribution in [0.15, 0.2) is 24.3 Å². The Bertz CT molecular complexity index is 459. The lowest BCUT2D eigenvalue weighted by Gasteiger charge is -2.24. The molecule has 2 atom stereocenters. The third kappa shape index (κ3) is 4.67. The van der Waals surface area contributed by atoms with Gasteiger partial charge in [-0.15, -0.1) is 0 Å². The van der Waals surface area contributed by atoms with Gasteiger partial charge in [0.15, 0.2) is 0 Å². The van der Waals surface area contributed by atoms with Crippen LogP contribution in [0.2, 0.25) is 0 Å². The molecule has 0 bridgehead atoms. The molecule has 1 saturated heterocycles. The summed E-state index contributed by atoms with van der Waals surface area (Å²) >= 11 is 0. The molecule has 1 aromatic carbocycles. The predicted octanol–water partition coefficient (Wildman–Crippen LogP) is 2.46. The highest BCUT2D eigenvalue weighted by Gasteiger charge is 2.22. The molecule has 0 radical (unpaired) electrons. The van der Waals surface area contributed by atoms with Crippen LogP contribution in [0.3, 0.4) is 0 Å². The largest absolute Gasteiger partial charge is 0.435 e. The van der Waals surface area contributed by atoms with Gasteiger partial charge in [0, 0.05) is 6.54 Å². The predicted molar refractivity (Wildman–Crippen MR) is 75.2 cm³/mol. The molecule has 0 aliphatic carbocycles. The van der Waals surface area contributed by atoms with Gasteiger partial charge in [-0.1, -0.05) is 12.1 Å². The summed E-state index contributed by atoms with van der Waals surface area (Å²) in [5, 5.41) is 6.16. The fourth-order valence-corrected chi connectivity index (χ4v) is 2.43. The average molecular weight is 298 g/mol. The maximum atomic E-state index is 12.1. The normalized spacial score (nSPS) is 20.1. The first-order chi connectivity index (χ1) is 10.1. The van der Waals surface area contributed by atoms with Crippen LogP contribution in [0, 0.1) is 5.92 Å². The Balaban J connectivity index is 1.90. The zero-order valence-corrected chi connectivity index (χ0v) is 11.9. The smallest absolute Gasteiger partial charge is 0.387 e. The minimum Gasteiger partial charge on any atom is -0.435 e. The highest BCUT2D eigenvalue weighted by Crippen LogP contribution is 2.20. The highest BCUT2D eigenvalue weighted by atomic mass is 19.3.